The first-order valence-corrected chi connectivity index (χ1v) is 5.91. The second kappa shape index (κ2) is 4.63. The predicted molar refractivity (Wildman–Crippen MR) is 63.9 cm³/mol. The summed E-state index contributed by atoms with van der Waals surface area (Å²) in [5.41, 5.74) is 0. The third kappa shape index (κ3) is 2.49. The monoisotopic (exact) mass is 324 g/mol. The van der Waals surface area contributed by atoms with Gasteiger partial charge in [0.25, 0.3) is 0 Å². The van der Waals surface area contributed by atoms with Crippen molar-refractivity contribution in [2.24, 2.45) is 0 Å². The van der Waals surface area contributed by atoms with Gasteiger partial charge < -0.3 is 10.1 Å². The molecule has 1 fully saturated rings. The van der Waals surface area contributed by atoms with Crippen molar-refractivity contribution in [1.29, 1.82) is 0 Å². The van der Waals surface area contributed by atoms with Crippen LogP contribution in [0.3, 0.4) is 0 Å². The van der Waals surface area contributed by atoms with E-state index in [4.69, 9.17) is 16.3 Å². The lowest BCUT2D eigenvalue weighted by Gasteiger charge is -2.12. The maximum Gasteiger partial charge on any atom is 0.172 e. The molecule has 0 saturated carbocycles. The molecule has 1 N–H and O–H groups in total. The number of rotatable bonds is 2. The summed E-state index contributed by atoms with van der Waals surface area (Å²) in [6.07, 6.45) is 1.26. The molecular weight excluding hydrogens is 314 g/mol. The maximum absolute atomic E-state index is 5.95. The van der Waals surface area contributed by atoms with E-state index in [2.05, 4.69) is 32.9 Å². The Kier molecular flexibility index (Phi) is 3.46. The van der Waals surface area contributed by atoms with Crippen LogP contribution in [0.15, 0.2) is 12.1 Å². The highest BCUT2D eigenvalue weighted by Gasteiger charge is 2.17. The van der Waals surface area contributed by atoms with Crippen LogP contribution in [-0.2, 0) is 0 Å². The fourth-order valence-electron chi connectivity index (χ4n) is 1.40. The van der Waals surface area contributed by atoms with E-state index in [0.29, 0.717) is 10.9 Å². The van der Waals surface area contributed by atoms with Gasteiger partial charge >= 0.3 is 0 Å². The molecule has 0 aromatic carbocycles. The van der Waals surface area contributed by atoms with E-state index in [1.807, 2.05) is 12.1 Å². The standard InChI is InChI=1S/C9H10ClIN2O/c10-9-7(1-2-8(11)13-9)14-6-3-4-12-5-6/h1-2,6,12H,3-5H2. The van der Waals surface area contributed by atoms with Gasteiger partial charge in [0.2, 0.25) is 0 Å². The second-order valence-electron chi connectivity index (χ2n) is 3.16. The first-order chi connectivity index (χ1) is 6.75. The number of pyridine rings is 1. The number of nitrogens with one attached hydrogen (secondary N) is 1. The van der Waals surface area contributed by atoms with Gasteiger partial charge in [-0.15, -0.1) is 0 Å². The second-order valence-corrected chi connectivity index (χ2v) is 4.62. The summed E-state index contributed by atoms with van der Waals surface area (Å²) in [5.74, 6) is 0.681. The van der Waals surface area contributed by atoms with Crippen molar-refractivity contribution in [3.63, 3.8) is 0 Å². The number of hydrogen-bond donors (Lipinski definition) is 1. The number of halogens is 2. The largest absolute Gasteiger partial charge is 0.486 e. The summed E-state index contributed by atoms with van der Waals surface area (Å²) in [6.45, 7) is 1.91. The van der Waals surface area contributed by atoms with Crippen LogP contribution in [0.5, 0.6) is 5.75 Å². The zero-order chi connectivity index (χ0) is 9.97. The van der Waals surface area contributed by atoms with Crippen molar-refractivity contribution in [2.75, 3.05) is 13.1 Å². The summed E-state index contributed by atoms with van der Waals surface area (Å²) in [4.78, 5) is 4.12. The van der Waals surface area contributed by atoms with Crippen LogP contribution < -0.4 is 10.1 Å². The minimum absolute atomic E-state index is 0.231. The highest BCUT2D eigenvalue weighted by atomic mass is 127. The maximum atomic E-state index is 5.95. The minimum atomic E-state index is 0.231. The Labute approximate surface area is 101 Å². The quantitative estimate of drug-likeness (QED) is 0.668. The van der Waals surface area contributed by atoms with Crippen LogP contribution in [0.2, 0.25) is 5.15 Å². The zero-order valence-electron chi connectivity index (χ0n) is 7.46. The minimum Gasteiger partial charge on any atom is -0.486 e. The van der Waals surface area contributed by atoms with E-state index in [0.717, 1.165) is 23.2 Å². The molecule has 1 unspecified atom stereocenters. The normalized spacial score (nSPS) is 21.1. The van der Waals surface area contributed by atoms with E-state index in [-0.39, 0.29) is 6.10 Å². The number of nitrogens with zero attached hydrogens (tertiary/aromatic N) is 1. The van der Waals surface area contributed by atoms with Crippen LogP contribution in [-0.4, -0.2) is 24.2 Å². The topological polar surface area (TPSA) is 34.1 Å². The van der Waals surface area contributed by atoms with Crippen LogP contribution in [0.4, 0.5) is 0 Å². The summed E-state index contributed by atoms with van der Waals surface area (Å²) < 4.78 is 6.58. The van der Waals surface area contributed by atoms with Crippen LogP contribution >= 0.6 is 34.2 Å². The average Bonchev–Trinajstić information content (AvgIpc) is 2.62. The number of hydrogen-bond acceptors (Lipinski definition) is 3. The van der Waals surface area contributed by atoms with E-state index < -0.39 is 0 Å². The van der Waals surface area contributed by atoms with Crippen molar-refractivity contribution >= 4 is 34.2 Å². The van der Waals surface area contributed by atoms with Gasteiger partial charge in [0.15, 0.2) is 10.9 Å². The lowest BCUT2D eigenvalue weighted by Crippen LogP contribution is -2.19. The molecule has 0 radical (unpaired) electrons. The Hall–Kier alpha value is -0.0700. The fraction of sp³-hybridized carbons (Fsp3) is 0.444. The Morgan fingerprint density at radius 2 is 2.43 bits per heavy atom. The lowest BCUT2D eigenvalue weighted by atomic mass is 10.3. The van der Waals surface area contributed by atoms with Gasteiger partial charge in [-0.3, -0.25) is 0 Å². The van der Waals surface area contributed by atoms with E-state index in [1.165, 1.54) is 0 Å². The summed E-state index contributed by atoms with van der Waals surface area (Å²) in [7, 11) is 0. The molecule has 1 aliphatic heterocycles. The van der Waals surface area contributed by atoms with Crippen molar-refractivity contribution in [2.45, 2.75) is 12.5 Å². The van der Waals surface area contributed by atoms with E-state index in [1.54, 1.807) is 0 Å². The predicted octanol–water partition coefficient (Wildman–Crippen LogP) is 2.08. The van der Waals surface area contributed by atoms with Gasteiger partial charge in [0.1, 0.15) is 9.80 Å². The summed E-state index contributed by atoms with van der Waals surface area (Å²) >= 11 is 8.07. The SMILES string of the molecule is Clc1nc(I)ccc1OC1CCNC1. The van der Waals surface area contributed by atoms with Crippen molar-refractivity contribution < 1.29 is 4.74 Å². The molecule has 1 aromatic heterocycles. The molecule has 1 aromatic rings. The number of aromatic nitrogens is 1. The van der Waals surface area contributed by atoms with Gasteiger partial charge in [0.05, 0.1) is 0 Å². The molecule has 5 heteroatoms. The zero-order valence-corrected chi connectivity index (χ0v) is 10.4. The molecular formula is C9H10ClIN2O. The van der Waals surface area contributed by atoms with Crippen LogP contribution in [0.25, 0.3) is 0 Å². The van der Waals surface area contributed by atoms with Gasteiger partial charge in [-0.1, -0.05) is 11.6 Å². The molecule has 0 spiro atoms. The summed E-state index contributed by atoms with van der Waals surface area (Å²) in [5, 5.41) is 3.68. The Morgan fingerprint density at radius 1 is 1.57 bits per heavy atom. The Balaban J connectivity index is 2.08. The third-order valence-electron chi connectivity index (χ3n) is 2.09. The molecule has 0 aliphatic carbocycles. The van der Waals surface area contributed by atoms with Crippen molar-refractivity contribution in [1.82, 2.24) is 10.3 Å². The van der Waals surface area contributed by atoms with Gasteiger partial charge in [-0.25, -0.2) is 4.98 Å². The van der Waals surface area contributed by atoms with E-state index >= 15 is 0 Å². The summed E-state index contributed by atoms with van der Waals surface area (Å²) in [6, 6.07) is 3.76. The molecule has 0 amide bonds. The highest BCUT2D eigenvalue weighted by molar-refractivity contribution is 14.1. The third-order valence-corrected chi connectivity index (χ3v) is 2.96. The van der Waals surface area contributed by atoms with Crippen LogP contribution in [0.1, 0.15) is 6.42 Å². The Morgan fingerprint density at radius 3 is 3.07 bits per heavy atom. The Bertz CT molecular complexity index is 329. The van der Waals surface area contributed by atoms with Gasteiger partial charge in [-0.05, 0) is 47.7 Å². The van der Waals surface area contributed by atoms with Gasteiger partial charge in [0, 0.05) is 6.54 Å². The van der Waals surface area contributed by atoms with Crippen molar-refractivity contribution in [3.05, 3.63) is 21.0 Å². The molecule has 0 bridgehead atoms. The smallest absolute Gasteiger partial charge is 0.172 e. The highest BCUT2D eigenvalue weighted by Crippen LogP contribution is 2.24. The van der Waals surface area contributed by atoms with Crippen LogP contribution in [0, 0.1) is 3.70 Å². The molecule has 76 valence electrons. The first-order valence-electron chi connectivity index (χ1n) is 4.45. The molecule has 1 saturated heterocycles. The molecule has 1 aliphatic rings. The van der Waals surface area contributed by atoms with Crippen molar-refractivity contribution in [3.8, 4) is 5.75 Å². The average molecular weight is 325 g/mol. The molecule has 14 heavy (non-hydrogen) atoms. The fourth-order valence-corrected chi connectivity index (χ4v) is 2.16. The molecule has 2 rings (SSSR count). The van der Waals surface area contributed by atoms with E-state index in [9.17, 15) is 0 Å². The molecule has 3 nitrogen and oxygen atoms in total. The molecule has 2 heterocycles. The molecule has 1 atom stereocenters. The lowest BCUT2D eigenvalue weighted by molar-refractivity contribution is 0.222. The first kappa shape index (κ1) is 10.4. The van der Waals surface area contributed by atoms with Gasteiger partial charge in [-0.2, -0.15) is 0 Å². The number of ether oxygens (including phenoxy) is 1.